The summed E-state index contributed by atoms with van der Waals surface area (Å²) in [5.41, 5.74) is 6.72. The Morgan fingerprint density at radius 1 is 1.50 bits per heavy atom. The molecule has 0 aliphatic rings. The molecule has 0 radical (unpaired) electrons. The Morgan fingerprint density at radius 3 is 2.75 bits per heavy atom. The van der Waals surface area contributed by atoms with Gasteiger partial charge in [0.1, 0.15) is 0 Å². The van der Waals surface area contributed by atoms with Crippen LogP contribution in [0, 0.1) is 5.92 Å². The van der Waals surface area contributed by atoms with Crippen molar-refractivity contribution in [3.05, 3.63) is 11.9 Å². The van der Waals surface area contributed by atoms with Gasteiger partial charge in [-0.25, -0.2) is 0 Å². The Morgan fingerprint density at radius 2 is 2.25 bits per heavy atom. The van der Waals surface area contributed by atoms with Gasteiger partial charge in [0.05, 0.1) is 17.9 Å². The summed E-state index contributed by atoms with van der Waals surface area (Å²) >= 11 is 0. The molecule has 4 nitrogen and oxygen atoms in total. The van der Waals surface area contributed by atoms with Crippen molar-refractivity contribution in [2.75, 3.05) is 0 Å². The smallest absolute Gasteiger partial charge is 0.0991 e. The van der Waals surface area contributed by atoms with Crippen LogP contribution in [0.5, 0.6) is 0 Å². The van der Waals surface area contributed by atoms with Gasteiger partial charge in [0, 0.05) is 0 Å². The minimum Gasteiger partial charge on any atom is -0.323 e. The molecule has 0 saturated carbocycles. The van der Waals surface area contributed by atoms with Gasteiger partial charge in [-0.1, -0.05) is 13.8 Å². The molecular weight excluding hydrogens is 152 g/mol. The number of aromatic amines is 1. The van der Waals surface area contributed by atoms with E-state index in [1.165, 1.54) is 0 Å². The van der Waals surface area contributed by atoms with Crippen molar-refractivity contribution in [3.63, 3.8) is 0 Å². The third kappa shape index (κ3) is 2.62. The fourth-order valence-corrected chi connectivity index (χ4v) is 1.05. The molecule has 0 bridgehead atoms. The highest BCUT2D eigenvalue weighted by atomic mass is 15.3. The average molecular weight is 168 g/mol. The van der Waals surface area contributed by atoms with Crippen LogP contribution in [0.25, 0.3) is 0 Å². The Kier molecular flexibility index (Phi) is 3.22. The van der Waals surface area contributed by atoms with Gasteiger partial charge in [-0.05, 0) is 18.8 Å². The molecule has 1 rings (SSSR count). The first-order chi connectivity index (χ1) is 5.70. The second-order valence-corrected chi connectivity index (χ2v) is 3.47. The Hall–Kier alpha value is -0.900. The van der Waals surface area contributed by atoms with Crippen LogP contribution in [0.15, 0.2) is 6.20 Å². The maximum absolute atomic E-state index is 5.87. The third-order valence-electron chi connectivity index (χ3n) is 1.87. The molecule has 0 aromatic carbocycles. The van der Waals surface area contributed by atoms with Gasteiger partial charge >= 0.3 is 0 Å². The van der Waals surface area contributed by atoms with E-state index in [0.717, 1.165) is 18.5 Å². The summed E-state index contributed by atoms with van der Waals surface area (Å²) in [5.74, 6) is 0.697. The molecule has 0 aliphatic heterocycles. The number of nitrogens with two attached hydrogens (primary N) is 1. The highest BCUT2D eigenvalue weighted by Crippen LogP contribution is 2.15. The predicted molar refractivity (Wildman–Crippen MR) is 47.4 cm³/mol. The molecule has 1 aromatic heterocycles. The number of H-pyrrole nitrogens is 1. The zero-order valence-corrected chi connectivity index (χ0v) is 7.62. The number of nitrogens with one attached hydrogen (secondary N) is 1. The summed E-state index contributed by atoms with van der Waals surface area (Å²) < 4.78 is 0. The summed E-state index contributed by atoms with van der Waals surface area (Å²) in [6.45, 7) is 4.38. The number of hydrogen-bond donors (Lipinski definition) is 2. The normalized spacial score (nSPS) is 13.7. The van der Waals surface area contributed by atoms with Crippen molar-refractivity contribution in [1.82, 2.24) is 15.4 Å². The SMILES string of the molecule is CC(C)CCC(N)c1cn[nH]n1. The van der Waals surface area contributed by atoms with E-state index in [9.17, 15) is 0 Å². The van der Waals surface area contributed by atoms with E-state index in [1.54, 1.807) is 6.20 Å². The minimum atomic E-state index is 0.0335. The van der Waals surface area contributed by atoms with Crippen molar-refractivity contribution in [3.8, 4) is 0 Å². The number of nitrogens with zero attached hydrogens (tertiary/aromatic N) is 2. The average Bonchev–Trinajstić information content (AvgIpc) is 2.51. The maximum atomic E-state index is 5.87. The van der Waals surface area contributed by atoms with Crippen LogP contribution in [0.2, 0.25) is 0 Å². The van der Waals surface area contributed by atoms with Gasteiger partial charge in [0.2, 0.25) is 0 Å². The quantitative estimate of drug-likeness (QED) is 0.710. The van der Waals surface area contributed by atoms with E-state index >= 15 is 0 Å². The number of aromatic nitrogens is 3. The molecule has 1 aromatic rings. The molecule has 4 heteroatoms. The summed E-state index contributed by atoms with van der Waals surface area (Å²) in [7, 11) is 0. The Labute approximate surface area is 72.5 Å². The Balaban J connectivity index is 2.34. The van der Waals surface area contributed by atoms with Gasteiger partial charge in [-0.2, -0.15) is 15.4 Å². The van der Waals surface area contributed by atoms with Crippen molar-refractivity contribution in [1.29, 1.82) is 0 Å². The summed E-state index contributed by atoms with van der Waals surface area (Å²) in [6.07, 6.45) is 3.79. The lowest BCUT2D eigenvalue weighted by Crippen LogP contribution is -2.11. The fraction of sp³-hybridized carbons (Fsp3) is 0.750. The van der Waals surface area contributed by atoms with E-state index in [4.69, 9.17) is 5.73 Å². The van der Waals surface area contributed by atoms with Crippen LogP contribution in [-0.2, 0) is 0 Å². The van der Waals surface area contributed by atoms with E-state index in [-0.39, 0.29) is 6.04 Å². The summed E-state index contributed by atoms with van der Waals surface area (Å²) in [4.78, 5) is 0. The van der Waals surface area contributed by atoms with Crippen LogP contribution in [0.1, 0.15) is 38.4 Å². The molecule has 0 fully saturated rings. The zero-order valence-electron chi connectivity index (χ0n) is 7.62. The molecule has 1 unspecified atom stereocenters. The van der Waals surface area contributed by atoms with Crippen LogP contribution >= 0.6 is 0 Å². The first kappa shape index (κ1) is 9.19. The van der Waals surface area contributed by atoms with Gasteiger partial charge in [-0.3, -0.25) is 0 Å². The minimum absolute atomic E-state index is 0.0335. The third-order valence-corrected chi connectivity index (χ3v) is 1.87. The second kappa shape index (κ2) is 4.21. The molecule has 68 valence electrons. The lowest BCUT2D eigenvalue weighted by atomic mass is 10.0. The van der Waals surface area contributed by atoms with E-state index in [1.807, 2.05) is 0 Å². The summed E-state index contributed by atoms with van der Waals surface area (Å²) in [6, 6.07) is 0.0335. The predicted octanol–water partition coefficient (Wildman–Crippen LogP) is 1.24. The molecule has 0 aliphatic carbocycles. The number of rotatable bonds is 4. The molecular formula is C8H16N4. The fourth-order valence-electron chi connectivity index (χ4n) is 1.05. The molecule has 1 heterocycles. The maximum Gasteiger partial charge on any atom is 0.0991 e. The zero-order chi connectivity index (χ0) is 8.97. The van der Waals surface area contributed by atoms with Crippen molar-refractivity contribution in [2.45, 2.75) is 32.7 Å². The molecule has 12 heavy (non-hydrogen) atoms. The molecule has 0 spiro atoms. The van der Waals surface area contributed by atoms with E-state index in [0.29, 0.717) is 5.92 Å². The lowest BCUT2D eigenvalue weighted by molar-refractivity contribution is 0.501. The highest BCUT2D eigenvalue weighted by Gasteiger charge is 2.08. The first-order valence-corrected chi connectivity index (χ1v) is 4.31. The lowest BCUT2D eigenvalue weighted by Gasteiger charge is -2.09. The standard InChI is InChI=1S/C8H16N4/c1-6(2)3-4-7(9)8-5-10-12-11-8/h5-7H,3-4,9H2,1-2H3,(H,10,11,12). The first-order valence-electron chi connectivity index (χ1n) is 4.31. The largest absolute Gasteiger partial charge is 0.323 e. The van der Waals surface area contributed by atoms with Gasteiger partial charge in [-0.15, -0.1) is 0 Å². The number of hydrogen-bond acceptors (Lipinski definition) is 3. The van der Waals surface area contributed by atoms with Crippen LogP contribution in [0.4, 0.5) is 0 Å². The van der Waals surface area contributed by atoms with Crippen LogP contribution in [-0.4, -0.2) is 15.4 Å². The monoisotopic (exact) mass is 168 g/mol. The van der Waals surface area contributed by atoms with E-state index < -0.39 is 0 Å². The second-order valence-electron chi connectivity index (χ2n) is 3.47. The van der Waals surface area contributed by atoms with Gasteiger partial charge < -0.3 is 5.73 Å². The van der Waals surface area contributed by atoms with Crippen LogP contribution in [0.3, 0.4) is 0 Å². The van der Waals surface area contributed by atoms with Crippen molar-refractivity contribution in [2.24, 2.45) is 11.7 Å². The highest BCUT2D eigenvalue weighted by molar-refractivity contribution is 4.97. The van der Waals surface area contributed by atoms with Crippen molar-refractivity contribution >= 4 is 0 Å². The van der Waals surface area contributed by atoms with E-state index in [2.05, 4.69) is 29.3 Å². The molecule has 0 saturated heterocycles. The molecule has 0 amide bonds. The van der Waals surface area contributed by atoms with Crippen molar-refractivity contribution < 1.29 is 0 Å². The van der Waals surface area contributed by atoms with Gasteiger partial charge in [0.15, 0.2) is 0 Å². The van der Waals surface area contributed by atoms with Gasteiger partial charge in [0.25, 0.3) is 0 Å². The topological polar surface area (TPSA) is 67.6 Å². The molecule has 1 atom stereocenters. The summed E-state index contributed by atoms with van der Waals surface area (Å²) in [5, 5.41) is 10.2. The van der Waals surface area contributed by atoms with Crippen LogP contribution < -0.4 is 5.73 Å². The molecule has 3 N–H and O–H groups in total. The Bertz CT molecular complexity index is 205.